The van der Waals surface area contributed by atoms with Crippen molar-refractivity contribution in [2.45, 2.75) is 0 Å². The largest absolute Gasteiger partial charge is 0.487 e. The van der Waals surface area contributed by atoms with Crippen molar-refractivity contribution in [2.75, 3.05) is 25.6 Å². The zero-order chi connectivity index (χ0) is 19.1. The maximum absolute atomic E-state index is 5.73. The molecule has 0 saturated carbocycles. The fourth-order valence-electron chi connectivity index (χ4n) is 2.52. The van der Waals surface area contributed by atoms with Crippen LogP contribution in [-0.4, -0.2) is 30.3 Å². The molecule has 0 saturated heterocycles. The molecular weight excluding hydrogens is 342 g/mol. The van der Waals surface area contributed by atoms with E-state index in [1.807, 2.05) is 30.3 Å². The first-order valence-electron chi connectivity index (χ1n) is 8.27. The molecule has 0 aliphatic carbocycles. The maximum Gasteiger partial charge on any atom is 0.169 e. The molecule has 1 aromatic heterocycles. The lowest BCUT2D eigenvalue weighted by molar-refractivity contribution is 0.145. The molecule has 0 bridgehead atoms. The zero-order valence-corrected chi connectivity index (χ0v) is 14.9. The summed E-state index contributed by atoms with van der Waals surface area (Å²) in [7, 11) is 1.62. The van der Waals surface area contributed by atoms with Crippen LogP contribution in [0, 0.1) is 12.3 Å². The Labute approximate surface area is 157 Å². The predicted molar refractivity (Wildman–Crippen MR) is 105 cm³/mol. The summed E-state index contributed by atoms with van der Waals surface area (Å²) in [6.07, 6.45) is 8.30. The second-order valence-electron chi connectivity index (χ2n) is 5.51. The molecule has 0 aliphatic rings. The summed E-state index contributed by atoms with van der Waals surface area (Å²) in [6, 6.07) is 11.1. The van der Waals surface area contributed by atoms with E-state index in [9.17, 15) is 0 Å². The quantitative estimate of drug-likeness (QED) is 0.373. The van der Waals surface area contributed by atoms with Crippen LogP contribution in [0.25, 0.3) is 10.9 Å². The highest BCUT2D eigenvalue weighted by molar-refractivity contribution is 5.93. The fraction of sp³-hybridized carbons (Fsp3) is 0.143. The van der Waals surface area contributed by atoms with E-state index in [1.54, 1.807) is 13.2 Å². The van der Waals surface area contributed by atoms with Gasteiger partial charge in [0.15, 0.2) is 11.5 Å². The first-order valence-corrected chi connectivity index (χ1v) is 8.27. The van der Waals surface area contributed by atoms with Crippen molar-refractivity contribution in [1.82, 2.24) is 9.97 Å². The number of methoxy groups -OCH3 is 1. The highest BCUT2D eigenvalue weighted by Gasteiger charge is 2.12. The van der Waals surface area contributed by atoms with Gasteiger partial charge in [-0.05, 0) is 24.3 Å². The number of aromatic nitrogens is 2. The van der Waals surface area contributed by atoms with Gasteiger partial charge in [0.25, 0.3) is 0 Å². The molecular formula is C21H19N3O3. The molecule has 0 aliphatic heterocycles. The van der Waals surface area contributed by atoms with Crippen molar-refractivity contribution in [3.8, 4) is 23.8 Å². The Kier molecular flexibility index (Phi) is 5.87. The lowest BCUT2D eigenvalue weighted by atomic mass is 10.2. The number of terminal acetylenes is 1. The van der Waals surface area contributed by atoms with Crippen LogP contribution in [0.5, 0.6) is 11.5 Å². The minimum absolute atomic E-state index is 0.393. The summed E-state index contributed by atoms with van der Waals surface area (Å²) < 4.78 is 16.3. The third-order valence-electron chi connectivity index (χ3n) is 3.75. The molecule has 136 valence electrons. The Balaban J connectivity index is 2.00. The average Bonchev–Trinajstić information content (AvgIpc) is 2.69. The van der Waals surface area contributed by atoms with E-state index in [0.717, 1.165) is 16.6 Å². The normalized spacial score (nSPS) is 10.2. The van der Waals surface area contributed by atoms with Gasteiger partial charge in [-0.2, -0.15) is 0 Å². The molecule has 1 N–H and O–H groups in total. The van der Waals surface area contributed by atoms with E-state index in [0.29, 0.717) is 36.0 Å². The molecule has 3 rings (SSSR count). The van der Waals surface area contributed by atoms with Gasteiger partial charge in [-0.3, -0.25) is 0 Å². The monoisotopic (exact) mass is 361 g/mol. The number of fused-ring (bicyclic) bond motifs is 1. The maximum atomic E-state index is 5.73. The summed E-state index contributed by atoms with van der Waals surface area (Å²) in [5.74, 6) is 4.32. The van der Waals surface area contributed by atoms with Gasteiger partial charge in [-0.1, -0.05) is 18.6 Å². The average molecular weight is 361 g/mol. The molecule has 6 heteroatoms. The van der Waals surface area contributed by atoms with Crippen LogP contribution < -0.4 is 14.8 Å². The van der Waals surface area contributed by atoms with Crippen LogP contribution in [0.2, 0.25) is 0 Å². The third-order valence-corrected chi connectivity index (χ3v) is 3.75. The minimum atomic E-state index is 0.393. The molecule has 0 spiro atoms. The van der Waals surface area contributed by atoms with Gasteiger partial charge in [0, 0.05) is 29.8 Å². The van der Waals surface area contributed by atoms with Crippen LogP contribution in [0.1, 0.15) is 5.56 Å². The Bertz CT molecular complexity index is 996. The SMILES string of the molecule is C#Cc1cccc(Nc2ncnc3cc(OCCOC)c(OC=C)cc23)c1. The molecule has 6 nitrogen and oxygen atoms in total. The third kappa shape index (κ3) is 4.35. The number of nitrogens with zero attached hydrogens (tertiary/aromatic N) is 2. The van der Waals surface area contributed by atoms with Crippen LogP contribution in [0.4, 0.5) is 11.5 Å². The van der Waals surface area contributed by atoms with E-state index >= 15 is 0 Å². The number of rotatable bonds is 8. The summed E-state index contributed by atoms with van der Waals surface area (Å²) in [4.78, 5) is 8.68. The number of ether oxygens (including phenoxy) is 3. The van der Waals surface area contributed by atoms with Crippen LogP contribution in [0.3, 0.4) is 0 Å². The van der Waals surface area contributed by atoms with E-state index in [2.05, 4.69) is 27.8 Å². The van der Waals surface area contributed by atoms with Crippen molar-refractivity contribution < 1.29 is 14.2 Å². The molecule has 0 radical (unpaired) electrons. The van der Waals surface area contributed by atoms with Crippen LogP contribution >= 0.6 is 0 Å². The van der Waals surface area contributed by atoms with E-state index in [4.69, 9.17) is 20.6 Å². The molecule has 0 amide bonds. The Morgan fingerprint density at radius 1 is 1.19 bits per heavy atom. The number of hydrogen-bond acceptors (Lipinski definition) is 6. The first-order chi connectivity index (χ1) is 13.2. The smallest absolute Gasteiger partial charge is 0.169 e. The highest BCUT2D eigenvalue weighted by Crippen LogP contribution is 2.35. The van der Waals surface area contributed by atoms with Crippen LogP contribution in [-0.2, 0) is 4.74 Å². The van der Waals surface area contributed by atoms with Gasteiger partial charge in [-0.25, -0.2) is 9.97 Å². The molecule has 1 heterocycles. The Morgan fingerprint density at radius 2 is 2.07 bits per heavy atom. The molecule has 2 aromatic carbocycles. The number of nitrogens with one attached hydrogen (secondary N) is 1. The Hall–Kier alpha value is -3.56. The Morgan fingerprint density at radius 3 is 2.85 bits per heavy atom. The number of anilines is 2. The first kappa shape index (κ1) is 18.2. The molecule has 0 fully saturated rings. The molecule has 3 aromatic rings. The van der Waals surface area contributed by atoms with E-state index in [1.165, 1.54) is 12.6 Å². The van der Waals surface area contributed by atoms with Crippen molar-refractivity contribution in [2.24, 2.45) is 0 Å². The summed E-state index contributed by atoms with van der Waals surface area (Å²) in [5, 5.41) is 4.05. The van der Waals surface area contributed by atoms with Crippen molar-refractivity contribution in [1.29, 1.82) is 0 Å². The van der Waals surface area contributed by atoms with Crippen LogP contribution in [0.15, 0.2) is 55.6 Å². The fourth-order valence-corrected chi connectivity index (χ4v) is 2.52. The predicted octanol–water partition coefficient (Wildman–Crippen LogP) is 3.90. The highest BCUT2D eigenvalue weighted by atomic mass is 16.5. The second-order valence-corrected chi connectivity index (χ2v) is 5.51. The summed E-state index contributed by atoms with van der Waals surface area (Å²) in [6.45, 7) is 4.47. The standard InChI is InChI=1S/C21H19N3O3/c1-4-15-7-6-8-16(11-15)24-21-17-12-19(26-5-2)20(27-10-9-25-3)13-18(17)22-14-23-21/h1,5-8,11-14H,2,9-10H2,3H3,(H,22,23,24). The van der Waals surface area contributed by atoms with Gasteiger partial charge in [0.2, 0.25) is 0 Å². The summed E-state index contributed by atoms with van der Waals surface area (Å²) in [5.41, 5.74) is 2.32. The van der Waals surface area contributed by atoms with Gasteiger partial charge in [0.1, 0.15) is 18.8 Å². The lowest BCUT2D eigenvalue weighted by Gasteiger charge is -2.13. The van der Waals surface area contributed by atoms with Gasteiger partial charge in [-0.15, -0.1) is 6.42 Å². The number of benzene rings is 2. The van der Waals surface area contributed by atoms with Crippen molar-refractivity contribution in [3.05, 3.63) is 61.1 Å². The minimum Gasteiger partial charge on any atom is -0.487 e. The van der Waals surface area contributed by atoms with E-state index in [-0.39, 0.29) is 0 Å². The van der Waals surface area contributed by atoms with Gasteiger partial charge >= 0.3 is 0 Å². The molecule has 0 atom stereocenters. The molecule has 0 unspecified atom stereocenters. The zero-order valence-electron chi connectivity index (χ0n) is 14.9. The lowest BCUT2D eigenvalue weighted by Crippen LogP contribution is -2.05. The van der Waals surface area contributed by atoms with Crippen molar-refractivity contribution in [3.63, 3.8) is 0 Å². The number of hydrogen-bond donors (Lipinski definition) is 1. The second kappa shape index (κ2) is 8.70. The van der Waals surface area contributed by atoms with Crippen molar-refractivity contribution >= 4 is 22.4 Å². The van der Waals surface area contributed by atoms with Gasteiger partial charge in [0.05, 0.1) is 18.4 Å². The summed E-state index contributed by atoms with van der Waals surface area (Å²) >= 11 is 0. The molecule has 27 heavy (non-hydrogen) atoms. The van der Waals surface area contributed by atoms with Gasteiger partial charge < -0.3 is 19.5 Å². The topological polar surface area (TPSA) is 65.5 Å². The van der Waals surface area contributed by atoms with E-state index < -0.39 is 0 Å².